The van der Waals surface area contributed by atoms with Crippen molar-refractivity contribution in [2.75, 3.05) is 6.61 Å². The van der Waals surface area contributed by atoms with Crippen LogP contribution in [0.5, 0.6) is 0 Å². The SMILES string of the molecule is CCCC(=O)CCOC(=O)CC(C)=O.[AlH3]. The van der Waals surface area contributed by atoms with Crippen LogP contribution in [0.1, 0.15) is 39.5 Å². The van der Waals surface area contributed by atoms with Gasteiger partial charge in [0, 0.05) is 12.8 Å². The fourth-order valence-corrected chi connectivity index (χ4v) is 0.937. The van der Waals surface area contributed by atoms with Gasteiger partial charge in [-0.1, -0.05) is 6.92 Å². The third-order valence-electron chi connectivity index (χ3n) is 1.57. The molecule has 15 heavy (non-hydrogen) atoms. The van der Waals surface area contributed by atoms with Gasteiger partial charge in [-0.2, -0.15) is 0 Å². The summed E-state index contributed by atoms with van der Waals surface area (Å²) in [5.74, 6) is -0.695. The molecule has 0 rings (SSSR count). The Kier molecular flexibility index (Phi) is 11.0. The molecule has 0 heterocycles. The molecular formula is C10H19AlO4. The highest BCUT2D eigenvalue weighted by atomic mass is 27.0. The topological polar surface area (TPSA) is 60.4 Å². The lowest BCUT2D eigenvalue weighted by molar-refractivity contribution is -0.146. The molecule has 5 heteroatoms. The van der Waals surface area contributed by atoms with Gasteiger partial charge in [-0.15, -0.1) is 0 Å². The predicted octanol–water partition coefficient (Wildman–Crippen LogP) is 0.0841. The fraction of sp³-hybridized carbons (Fsp3) is 0.700. The van der Waals surface area contributed by atoms with Crippen molar-refractivity contribution in [3.8, 4) is 0 Å². The maximum atomic E-state index is 11.0. The lowest BCUT2D eigenvalue weighted by Gasteiger charge is -2.02. The quantitative estimate of drug-likeness (QED) is 0.353. The first-order valence-electron chi connectivity index (χ1n) is 4.73. The number of carbonyl (C=O) groups excluding carboxylic acids is 3. The molecule has 86 valence electrons. The Bertz CT molecular complexity index is 225. The van der Waals surface area contributed by atoms with E-state index >= 15 is 0 Å². The minimum absolute atomic E-state index is 0. The van der Waals surface area contributed by atoms with Crippen molar-refractivity contribution in [2.45, 2.75) is 39.5 Å². The lowest BCUT2D eigenvalue weighted by Crippen LogP contribution is -2.12. The van der Waals surface area contributed by atoms with Gasteiger partial charge in [-0.3, -0.25) is 14.4 Å². The average molecular weight is 230 g/mol. The van der Waals surface area contributed by atoms with Crippen molar-refractivity contribution < 1.29 is 19.1 Å². The van der Waals surface area contributed by atoms with Crippen LogP contribution in [0.25, 0.3) is 0 Å². The Balaban J connectivity index is 0. The highest BCUT2D eigenvalue weighted by Crippen LogP contribution is 1.96. The van der Waals surface area contributed by atoms with Crippen molar-refractivity contribution in [1.82, 2.24) is 0 Å². The maximum Gasteiger partial charge on any atom is 0.313 e. The number of rotatable bonds is 7. The Morgan fingerprint density at radius 1 is 1.13 bits per heavy atom. The second-order valence-electron chi connectivity index (χ2n) is 3.14. The molecule has 0 saturated carbocycles. The second-order valence-corrected chi connectivity index (χ2v) is 3.14. The number of carbonyl (C=O) groups is 3. The normalized spacial score (nSPS) is 8.93. The van der Waals surface area contributed by atoms with Crippen molar-refractivity contribution in [2.24, 2.45) is 0 Å². The summed E-state index contributed by atoms with van der Waals surface area (Å²) in [5.41, 5.74) is 0. The molecular weight excluding hydrogens is 211 g/mol. The highest BCUT2D eigenvalue weighted by Gasteiger charge is 2.07. The minimum Gasteiger partial charge on any atom is -0.465 e. The Hall–Kier alpha value is -0.658. The number of Topliss-reactive ketones (excluding diaryl/α,β-unsaturated/α-hetero) is 2. The maximum absolute atomic E-state index is 11.0. The van der Waals surface area contributed by atoms with Gasteiger partial charge < -0.3 is 4.74 Å². The van der Waals surface area contributed by atoms with E-state index in [1.165, 1.54) is 6.92 Å². The first-order valence-corrected chi connectivity index (χ1v) is 4.73. The molecule has 0 aromatic rings. The van der Waals surface area contributed by atoms with E-state index in [1.807, 2.05) is 6.92 Å². The summed E-state index contributed by atoms with van der Waals surface area (Å²) in [6.45, 7) is 3.33. The summed E-state index contributed by atoms with van der Waals surface area (Å²) in [7, 11) is 0. The number of esters is 1. The second kappa shape index (κ2) is 9.88. The van der Waals surface area contributed by atoms with Gasteiger partial charge in [0.15, 0.2) is 17.4 Å². The first-order chi connectivity index (χ1) is 6.56. The van der Waals surface area contributed by atoms with Crippen molar-refractivity contribution >= 4 is 34.9 Å². The van der Waals surface area contributed by atoms with E-state index in [-0.39, 0.29) is 48.4 Å². The zero-order valence-corrected chi connectivity index (χ0v) is 8.67. The summed E-state index contributed by atoms with van der Waals surface area (Å²) in [6, 6.07) is 0. The van der Waals surface area contributed by atoms with Gasteiger partial charge in [0.25, 0.3) is 0 Å². The molecule has 0 fully saturated rings. The molecule has 4 nitrogen and oxygen atoms in total. The van der Waals surface area contributed by atoms with E-state index in [0.29, 0.717) is 6.42 Å². The molecule has 0 radical (unpaired) electrons. The standard InChI is InChI=1S/C10H16O4.Al.3H/c1-3-4-9(12)5-6-14-10(13)7-8(2)11;;;;/h3-7H2,1-2H3;;;;. The van der Waals surface area contributed by atoms with Crippen molar-refractivity contribution in [1.29, 1.82) is 0 Å². The van der Waals surface area contributed by atoms with E-state index in [2.05, 4.69) is 4.74 Å². The molecule has 0 unspecified atom stereocenters. The molecule has 0 amide bonds. The molecule has 0 aliphatic carbocycles. The van der Waals surface area contributed by atoms with Crippen LogP contribution in [0.4, 0.5) is 0 Å². The van der Waals surface area contributed by atoms with Gasteiger partial charge in [-0.25, -0.2) is 0 Å². The van der Waals surface area contributed by atoms with Crippen molar-refractivity contribution in [3.63, 3.8) is 0 Å². The number of ether oxygens (including phenoxy) is 1. The molecule has 0 aromatic carbocycles. The summed E-state index contributed by atoms with van der Waals surface area (Å²) in [5, 5.41) is 0. The molecule has 0 aliphatic heterocycles. The van der Waals surface area contributed by atoms with Gasteiger partial charge in [0.2, 0.25) is 0 Å². The summed E-state index contributed by atoms with van der Waals surface area (Å²) >= 11 is 0. The minimum atomic E-state index is -0.554. The van der Waals surface area contributed by atoms with Crippen molar-refractivity contribution in [3.05, 3.63) is 0 Å². The van der Waals surface area contributed by atoms with Crippen LogP contribution in [-0.4, -0.2) is 41.5 Å². The van der Waals surface area contributed by atoms with Crippen LogP contribution >= 0.6 is 0 Å². The molecule has 0 aliphatic rings. The molecule has 0 bridgehead atoms. The Morgan fingerprint density at radius 2 is 1.73 bits per heavy atom. The first kappa shape index (κ1) is 16.8. The van der Waals surface area contributed by atoms with E-state index < -0.39 is 5.97 Å². The lowest BCUT2D eigenvalue weighted by atomic mass is 10.2. The van der Waals surface area contributed by atoms with Crippen LogP contribution in [0.3, 0.4) is 0 Å². The molecule has 0 saturated heterocycles. The summed E-state index contributed by atoms with van der Waals surface area (Å²) in [6.07, 6.45) is 1.37. The molecule has 0 aromatic heterocycles. The molecule has 0 spiro atoms. The zero-order valence-electron chi connectivity index (χ0n) is 8.67. The van der Waals surface area contributed by atoms with Crippen LogP contribution in [-0.2, 0) is 19.1 Å². The van der Waals surface area contributed by atoms with Crippen LogP contribution in [0, 0.1) is 0 Å². The fourth-order valence-electron chi connectivity index (χ4n) is 0.937. The van der Waals surface area contributed by atoms with Gasteiger partial charge >= 0.3 is 5.97 Å². The Labute approximate surface area is 100 Å². The van der Waals surface area contributed by atoms with Gasteiger partial charge in [0.1, 0.15) is 18.0 Å². The highest BCUT2D eigenvalue weighted by molar-refractivity contribution is 5.94. The number of ketones is 2. The predicted molar refractivity (Wildman–Crippen MR) is 60.7 cm³/mol. The van der Waals surface area contributed by atoms with Crippen LogP contribution < -0.4 is 0 Å². The van der Waals surface area contributed by atoms with Crippen LogP contribution in [0.15, 0.2) is 0 Å². The number of hydrogen-bond acceptors (Lipinski definition) is 4. The monoisotopic (exact) mass is 230 g/mol. The van der Waals surface area contributed by atoms with E-state index in [0.717, 1.165) is 6.42 Å². The molecule has 0 atom stereocenters. The third kappa shape index (κ3) is 11.3. The van der Waals surface area contributed by atoms with E-state index in [1.54, 1.807) is 0 Å². The van der Waals surface area contributed by atoms with Gasteiger partial charge in [-0.05, 0) is 13.3 Å². The van der Waals surface area contributed by atoms with Gasteiger partial charge in [0.05, 0.1) is 6.61 Å². The summed E-state index contributed by atoms with van der Waals surface area (Å²) in [4.78, 5) is 32.3. The number of hydrogen-bond donors (Lipinski definition) is 0. The largest absolute Gasteiger partial charge is 0.465 e. The average Bonchev–Trinajstić information content (AvgIpc) is 2.02. The smallest absolute Gasteiger partial charge is 0.313 e. The zero-order chi connectivity index (χ0) is 11.0. The van der Waals surface area contributed by atoms with E-state index in [4.69, 9.17) is 0 Å². The molecule has 0 N–H and O–H groups in total. The summed E-state index contributed by atoms with van der Waals surface area (Å²) < 4.78 is 4.69. The Morgan fingerprint density at radius 3 is 2.20 bits per heavy atom. The van der Waals surface area contributed by atoms with E-state index in [9.17, 15) is 14.4 Å². The van der Waals surface area contributed by atoms with Crippen LogP contribution in [0.2, 0.25) is 0 Å². The third-order valence-corrected chi connectivity index (χ3v) is 1.57.